The predicted molar refractivity (Wildman–Crippen MR) is 43.0 cm³/mol. The van der Waals surface area contributed by atoms with Crippen LogP contribution >= 0.6 is 0 Å². The fourth-order valence-corrected chi connectivity index (χ4v) is 0.519. The minimum atomic E-state index is -4.60. The van der Waals surface area contributed by atoms with Gasteiger partial charge in [0, 0.05) is 6.54 Å². The van der Waals surface area contributed by atoms with Crippen molar-refractivity contribution in [3.63, 3.8) is 0 Å². The Morgan fingerprint density at radius 2 is 1.92 bits per heavy atom. The summed E-state index contributed by atoms with van der Waals surface area (Å²) in [6, 6.07) is 0. The molecule has 0 heterocycles. The maximum absolute atomic E-state index is 11.8. The van der Waals surface area contributed by atoms with Gasteiger partial charge in [-0.2, -0.15) is 13.2 Å². The molecule has 5 heteroatoms. The highest BCUT2D eigenvalue weighted by Gasteiger charge is 2.38. The number of nitrogens with one attached hydrogen (secondary N) is 1. The number of β-amino-alcohol motifs (C(OH)–C–C–N with tert-alkyl or cyclic N) is 1. The van der Waals surface area contributed by atoms with Crippen LogP contribution < -0.4 is 5.32 Å². The summed E-state index contributed by atoms with van der Waals surface area (Å²) in [5, 5.41) is 11.0. The number of rotatable bonds is 3. The highest BCUT2D eigenvalue weighted by Crippen LogP contribution is 2.19. The molecule has 0 bridgehead atoms. The Bertz CT molecular complexity index is 204. The van der Waals surface area contributed by atoms with E-state index in [0.717, 1.165) is 0 Å². The van der Waals surface area contributed by atoms with Crippen LogP contribution in [-0.4, -0.2) is 29.5 Å². The SMILES string of the molecule is C#CC(C)(C)NCC(O)C(F)(F)F. The van der Waals surface area contributed by atoms with E-state index in [-0.39, 0.29) is 0 Å². The van der Waals surface area contributed by atoms with Crippen LogP contribution in [0, 0.1) is 12.3 Å². The molecule has 1 unspecified atom stereocenters. The maximum Gasteiger partial charge on any atom is 0.415 e. The van der Waals surface area contributed by atoms with E-state index < -0.39 is 24.4 Å². The van der Waals surface area contributed by atoms with Gasteiger partial charge in [0.25, 0.3) is 0 Å². The van der Waals surface area contributed by atoms with Gasteiger partial charge in [0.1, 0.15) is 0 Å². The summed E-state index contributed by atoms with van der Waals surface area (Å²) in [6.45, 7) is 2.51. The first kappa shape index (κ1) is 12.3. The zero-order valence-corrected chi connectivity index (χ0v) is 7.44. The average Bonchev–Trinajstić information content (AvgIpc) is 1.98. The van der Waals surface area contributed by atoms with E-state index in [1.165, 1.54) is 0 Å². The number of halogens is 3. The van der Waals surface area contributed by atoms with E-state index in [2.05, 4.69) is 11.2 Å². The molecule has 2 nitrogen and oxygen atoms in total. The Hall–Kier alpha value is -0.730. The van der Waals surface area contributed by atoms with Gasteiger partial charge in [0.15, 0.2) is 6.10 Å². The van der Waals surface area contributed by atoms with Crippen molar-refractivity contribution in [2.75, 3.05) is 6.54 Å². The van der Waals surface area contributed by atoms with Crippen molar-refractivity contribution in [3.8, 4) is 12.3 Å². The van der Waals surface area contributed by atoms with Crippen LogP contribution in [-0.2, 0) is 0 Å². The topological polar surface area (TPSA) is 32.3 Å². The lowest BCUT2D eigenvalue weighted by molar-refractivity contribution is -0.202. The molecule has 0 aromatic heterocycles. The van der Waals surface area contributed by atoms with E-state index in [0.29, 0.717) is 0 Å². The number of aliphatic hydroxyl groups is 1. The largest absolute Gasteiger partial charge is 0.415 e. The highest BCUT2D eigenvalue weighted by atomic mass is 19.4. The van der Waals surface area contributed by atoms with Gasteiger partial charge in [0.2, 0.25) is 0 Å². The van der Waals surface area contributed by atoms with Crippen molar-refractivity contribution < 1.29 is 18.3 Å². The molecule has 0 aliphatic carbocycles. The number of alkyl halides is 3. The van der Waals surface area contributed by atoms with Crippen LogP contribution in [0.1, 0.15) is 13.8 Å². The van der Waals surface area contributed by atoms with E-state index in [1.54, 1.807) is 13.8 Å². The summed E-state index contributed by atoms with van der Waals surface area (Å²) in [7, 11) is 0. The number of hydrogen-bond acceptors (Lipinski definition) is 2. The van der Waals surface area contributed by atoms with Gasteiger partial charge in [-0.1, -0.05) is 5.92 Å². The zero-order chi connectivity index (χ0) is 10.7. The highest BCUT2D eigenvalue weighted by molar-refractivity contribution is 5.07. The van der Waals surface area contributed by atoms with Gasteiger partial charge >= 0.3 is 6.18 Å². The first-order valence-electron chi connectivity index (χ1n) is 3.66. The van der Waals surface area contributed by atoms with Crippen molar-refractivity contribution in [2.45, 2.75) is 31.7 Å². The van der Waals surface area contributed by atoms with Gasteiger partial charge in [-0.25, -0.2) is 0 Å². The van der Waals surface area contributed by atoms with Gasteiger partial charge in [-0.15, -0.1) is 6.42 Å². The third-order valence-corrected chi connectivity index (χ3v) is 1.48. The van der Waals surface area contributed by atoms with Gasteiger partial charge in [-0.3, -0.25) is 5.32 Å². The molecule has 0 aliphatic rings. The Kier molecular flexibility index (Phi) is 3.76. The molecule has 0 spiro atoms. The zero-order valence-electron chi connectivity index (χ0n) is 7.44. The fraction of sp³-hybridized carbons (Fsp3) is 0.750. The van der Waals surface area contributed by atoms with Gasteiger partial charge < -0.3 is 5.11 Å². The number of aliphatic hydroxyl groups excluding tert-OH is 1. The predicted octanol–water partition coefficient (Wildman–Crippen LogP) is 0.911. The van der Waals surface area contributed by atoms with Crippen molar-refractivity contribution in [2.24, 2.45) is 0 Å². The van der Waals surface area contributed by atoms with Crippen LogP contribution in [0.5, 0.6) is 0 Å². The summed E-state index contributed by atoms with van der Waals surface area (Å²) < 4.78 is 35.4. The molecule has 0 saturated heterocycles. The van der Waals surface area contributed by atoms with Crippen LogP contribution in [0.3, 0.4) is 0 Å². The van der Waals surface area contributed by atoms with Crippen LogP contribution in [0.4, 0.5) is 13.2 Å². The van der Waals surface area contributed by atoms with E-state index in [9.17, 15) is 13.2 Å². The van der Waals surface area contributed by atoms with Gasteiger partial charge in [0.05, 0.1) is 5.54 Å². The quantitative estimate of drug-likeness (QED) is 0.656. The van der Waals surface area contributed by atoms with Crippen molar-refractivity contribution in [3.05, 3.63) is 0 Å². The molecule has 1 atom stereocenters. The number of terminal acetylenes is 1. The second-order valence-electron chi connectivity index (χ2n) is 3.21. The summed E-state index contributed by atoms with van der Waals surface area (Å²) >= 11 is 0. The van der Waals surface area contributed by atoms with Crippen molar-refractivity contribution in [1.29, 1.82) is 0 Å². The molecule has 2 N–H and O–H groups in total. The smallest absolute Gasteiger partial charge is 0.382 e. The molecule has 0 aromatic carbocycles. The van der Waals surface area contributed by atoms with E-state index in [4.69, 9.17) is 11.5 Å². The second kappa shape index (κ2) is 3.99. The lowest BCUT2D eigenvalue weighted by atomic mass is 10.1. The Labute approximate surface area is 75.1 Å². The minimum Gasteiger partial charge on any atom is -0.382 e. The molecular weight excluding hydrogens is 183 g/mol. The third kappa shape index (κ3) is 4.76. The molecule has 0 radical (unpaired) electrons. The van der Waals surface area contributed by atoms with E-state index >= 15 is 0 Å². The molecule has 13 heavy (non-hydrogen) atoms. The molecule has 0 amide bonds. The summed E-state index contributed by atoms with van der Waals surface area (Å²) in [5.41, 5.74) is -0.841. The summed E-state index contributed by atoms with van der Waals surface area (Å²) in [5.74, 6) is 2.26. The minimum absolute atomic E-state index is 0.597. The lowest BCUT2D eigenvalue weighted by Gasteiger charge is -2.22. The molecule has 0 aromatic rings. The van der Waals surface area contributed by atoms with Crippen LogP contribution in [0.25, 0.3) is 0 Å². The van der Waals surface area contributed by atoms with Crippen LogP contribution in [0.15, 0.2) is 0 Å². The monoisotopic (exact) mass is 195 g/mol. The summed E-state index contributed by atoms with van der Waals surface area (Å²) in [6.07, 6.45) is -1.95. The van der Waals surface area contributed by atoms with E-state index in [1.807, 2.05) is 0 Å². The first-order chi connectivity index (χ1) is 5.69. The molecule has 0 fully saturated rings. The normalized spacial score (nSPS) is 15.2. The standard InChI is InChI=1S/C8H12F3NO/c1-4-7(2,3)12-5-6(13)8(9,10)11/h1,6,12-13H,5H2,2-3H3. The molecule has 0 aliphatic heterocycles. The lowest BCUT2D eigenvalue weighted by Crippen LogP contribution is -2.46. The molecular formula is C8H12F3NO. The Morgan fingerprint density at radius 3 is 2.23 bits per heavy atom. The molecule has 0 saturated carbocycles. The van der Waals surface area contributed by atoms with Crippen molar-refractivity contribution >= 4 is 0 Å². The van der Waals surface area contributed by atoms with Gasteiger partial charge in [-0.05, 0) is 13.8 Å². The van der Waals surface area contributed by atoms with Crippen LogP contribution in [0.2, 0.25) is 0 Å². The average molecular weight is 195 g/mol. The Balaban J connectivity index is 3.99. The first-order valence-corrected chi connectivity index (χ1v) is 3.66. The molecule has 76 valence electrons. The number of hydrogen-bond donors (Lipinski definition) is 2. The Morgan fingerprint density at radius 1 is 1.46 bits per heavy atom. The van der Waals surface area contributed by atoms with Crippen molar-refractivity contribution in [1.82, 2.24) is 5.32 Å². The fourth-order valence-electron chi connectivity index (χ4n) is 0.519. The third-order valence-electron chi connectivity index (χ3n) is 1.48. The molecule has 0 rings (SSSR count). The maximum atomic E-state index is 11.8. The second-order valence-corrected chi connectivity index (χ2v) is 3.21. The summed E-state index contributed by atoms with van der Waals surface area (Å²) in [4.78, 5) is 0.